The van der Waals surface area contributed by atoms with E-state index in [-0.39, 0.29) is 0 Å². The molecule has 1 aromatic rings. The number of hydrogen-bond acceptors (Lipinski definition) is 3. The molecule has 0 radical (unpaired) electrons. The number of ether oxygens (including phenoxy) is 1. The van der Waals surface area contributed by atoms with Crippen LogP contribution in [0.2, 0.25) is 0 Å². The van der Waals surface area contributed by atoms with Crippen LogP contribution in [-0.2, 0) is 11.3 Å². The average molecular weight is 195 g/mol. The van der Waals surface area contributed by atoms with Crippen molar-refractivity contribution < 1.29 is 4.74 Å². The summed E-state index contributed by atoms with van der Waals surface area (Å²) in [7, 11) is 0. The Hall–Kier alpha value is -0.840. The Morgan fingerprint density at radius 3 is 3.29 bits per heavy atom. The summed E-state index contributed by atoms with van der Waals surface area (Å²) in [6, 6.07) is 4.09. The van der Waals surface area contributed by atoms with Crippen molar-refractivity contribution >= 4 is 0 Å². The van der Waals surface area contributed by atoms with Gasteiger partial charge in [-0.3, -0.25) is 0 Å². The van der Waals surface area contributed by atoms with Crippen molar-refractivity contribution in [3.8, 4) is 0 Å². The minimum Gasteiger partial charge on any atom is -0.374 e. The molecule has 0 aromatic carbocycles. The zero-order valence-corrected chi connectivity index (χ0v) is 8.25. The summed E-state index contributed by atoms with van der Waals surface area (Å²) in [5, 5.41) is 6.67. The van der Waals surface area contributed by atoms with Gasteiger partial charge >= 0.3 is 0 Å². The van der Waals surface area contributed by atoms with Gasteiger partial charge in [0, 0.05) is 38.1 Å². The molecule has 78 valence electrons. The van der Waals surface area contributed by atoms with Crippen LogP contribution in [0, 0.1) is 0 Å². The Kier molecular flexibility index (Phi) is 3.57. The molecular weight excluding hydrogens is 178 g/mol. The molecule has 2 heterocycles. The number of H-pyrrole nitrogens is 1. The van der Waals surface area contributed by atoms with Gasteiger partial charge in [0.25, 0.3) is 0 Å². The van der Waals surface area contributed by atoms with Crippen LogP contribution in [0.3, 0.4) is 0 Å². The molecule has 14 heavy (non-hydrogen) atoms. The van der Waals surface area contributed by atoms with Crippen LogP contribution < -0.4 is 10.6 Å². The molecule has 0 amide bonds. The van der Waals surface area contributed by atoms with E-state index in [0.29, 0.717) is 6.10 Å². The molecule has 4 nitrogen and oxygen atoms in total. The van der Waals surface area contributed by atoms with E-state index in [4.69, 9.17) is 4.74 Å². The van der Waals surface area contributed by atoms with Crippen molar-refractivity contribution in [1.29, 1.82) is 0 Å². The Morgan fingerprint density at radius 2 is 2.57 bits per heavy atom. The smallest absolute Gasteiger partial charge is 0.0824 e. The van der Waals surface area contributed by atoms with E-state index in [1.807, 2.05) is 12.3 Å². The van der Waals surface area contributed by atoms with Crippen LogP contribution in [0.25, 0.3) is 0 Å². The molecular formula is C10H17N3O. The quantitative estimate of drug-likeness (QED) is 0.638. The van der Waals surface area contributed by atoms with E-state index < -0.39 is 0 Å². The second-order valence-electron chi connectivity index (χ2n) is 3.52. The van der Waals surface area contributed by atoms with Crippen molar-refractivity contribution in [1.82, 2.24) is 15.6 Å². The third-order valence-corrected chi connectivity index (χ3v) is 2.35. The van der Waals surface area contributed by atoms with Crippen LogP contribution in [0.15, 0.2) is 18.3 Å². The zero-order valence-electron chi connectivity index (χ0n) is 8.25. The summed E-state index contributed by atoms with van der Waals surface area (Å²) in [5.74, 6) is 0. The largest absolute Gasteiger partial charge is 0.374 e. The number of hydrogen-bond donors (Lipinski definition) is 3. The van der Waals surface area contributed by atoms with Gasteiger partial charge < -0.3 is 20.4 Å². The van der Waals surface area contributed by atoms with Crippen LogP contribution >= 0.6 is 0 Å². The van der Waals surface area contributed by atoms with Gasteiger partial charge in [0.05, 0.1) is 12.7 Å². The first-order valence-electron chi connectivity index (χ1n) is 5.10. The minimum absolute atomic E-state index is 0.318. The molecule has 1 atom stereocenters. The summed E-state index contributed by atoms with van der Waals surface area (Å²) in [4.78, 5) is 3.16. The van der Waals surface area contributed by atoms with Gasteiger partial charge in [-0.05, 0) is 12.1 Å². The van der Waals surface area contributed by atoms with Gasteiger partial charge in [-0.25, -0.2) is 0 Å². The Balaban J connectivity index is 1.62. The fourth-order valence-corrected chi connectivity index (χ4v) is 1.60. The highest BCUT2D eigenvalue weighted by Crippen LogP contribution is 1.96. The molecule has 1 saturated heterocycles. The second kappa shape index (κ2) is 5.14. The predicted octanol–water partition coefficient (Wildman–Crippen LogP) is 0.0927. The van der Waals surface area contributed by atoms with Crippen molar-refractivity contribution in [2.24, 2.45) is 0 Å². The SMILES string of the molecule is c1c[nH]c(CNCC2CNCCO2)c1. The van der Waals surface area contributed by atoms with E-state index in [1.165, 1.54) is 5.69 Å². The molecule has 1 unspecified atom stereocenters. The average Bonchev–Trinajstić information content (AvgIpc) is 2.72. The Labute approximate surface area is 84.0 Å². The molecule has 4 heteroatoms. The molecule has 1 aromatic heterocycles. The zero-order chi connectivity index (χ0) is 9.64. The van der Waals surface area contributed by atoms with Crippen LogP contribution in [0.1, 0.15) is 5.69 Å². The lowest BCUT2D eigenvalue weighted by Gasteiger charge is -2.23. The number of morpholine rings is 1. The maximum Gasteiger partial charge on any atom is 0.0824 e. The van der Waals surface area contributed by atoms with Gasteiger partial charge in [0.2, 0.25) is 0 Å². The van der Waals surface area contributed by atoms with Crippen LogP contribution in [-0.4, -0.2) is 37.3 Å². The highest BCUT2D eigenvalue weighted by atomic mass is 16.5. The molecule has 0 aliphatic carbocycles. The van der Waals surface area contributed by atoms with Gasteiger partial charge in [-0.2, -0.15) is 0 Å². The van der Waals surface area contributed by atoms with Gasteiger partial charge in [-0.15, -0.1) is 0 Å². The maximum absolute atomic E-state index is 5.56. The van der Waals surface area contributed by atoms with E-state index in [9.17, 15) is 0 Å². The third kappa shape index (κ3) is 2.83. The first-order valence-corrected chi connectivity index (χ1v) is 5.10. The number of aromatic amines is 1. The Bertz CT molecular complexity index is 242. The normalized spacial score (nSPS) is 22.4. The van der Waals surface area contributed by atoms with E-state index in [1.54, 1.807) is 0 Å². The molecule has 0 saturated carbocycles. The molecule has 1 aliphatic heterocycles. The second-order valence-corrected chi connectivity index (χ2v) is 3.52. The fraction of sp³-hybridized carbons (Fsp3) is 0.600. The number of aromatic nitrogens is 1. The van der Waals surface area contributed by atoms with Gasteiger partial charge in [-0.1, -0.05) is 0 Å². The lowest BCUT2D eigenvalue weighted by atomic mass is 10.3. The summed E-state index contributed by atoms with van der Waals surface area (Å²) >= 11 is 0. The Morgan fingerprint density at radius 1 is 1.57 bits per heavy atom. The first kappa shape index (κ1) is 9.71. The molecule has 0 bridgehead atoms. The van der Waals surface area contributed by atoms with E-state index in [2.05, 4.69) is 21.7 Å². The molecule has 0 spiro atoms. The minimum atomic E-state index is 0.318. The molecule has 2 rings (SSSR count). The monoisotopic (exact) mass is 195 g/mol. The lowest BCUT2D eigenvalue weighted by molar-refractivity contribution is 0.0290. The fourth-order valence-electron chi connectivity index (χ4n) is 1.60. The van der Waals surface area contributed by atoms with Crippen LogP contribution in [0.4, 0.5) is 0 Å². The number of nitrogens with one attached hydrogen (secondary N) is 3. The van der Waals surface area contributed by atoms with E-state index in [0.717, 1.165) is 32.8 Å². The summed E-state index contributed by atoms with van der Waals surface area (Å²) in [6.45, 7) is 4.55. The first-order chi connectivity index (χ1) is 6.95. The molecule has 1 aliphatic rings. The summed E-state index contributed by atoms with van der Waals surface area (Å²) < 4.78 is 5.56. The van der Waals surface area contributed by atoms with Crippen molar-refractivity contribution in [3.05, 3.63) is 24.0 Å². The topological polar surface area (TPSA) is 49.1 Å². The lowest BCUT2D eigenvalue weighted by Crippen LogP contribution is -2.43. The summed E-state index contributed by atoms with van der Waals surface area (Å²) in [6.07, 6.45) is 2.26. The van der Waals surface area contributed by atoms with Crippen molar-refractivity contribution in [2.75, 3.05) is 26.2 Å². The van der Waals surface area contributed by atoms with Gasteiger partial charge in [0.15, 0.2) is 0 Å². The predicted molar refractivity (Wildman–Crippen MR) is 55.1 cm³/mol. The highest BCUT2D eigenvalue weighted by Gasteiger charge is 2.11. The standard InChI is InChI=1S/C10H17N3O/c1-2-9(13-3-1)6-12-8-10-7-11-4-5-14-10/h1-3,10-13H,4-8H2. The molecule has 1 fully saturated rings. The maximum atomic E-state index is 5.56. The van der Waals surface area contributed by atoms with Crippen LogP contribution in [0.5, 0.6) is 0 Å². The van der Waals surface area contributed by atoms with Gasteiger partial charge in [0.1, 0.15) is 0 Å². The molecule has 3 N–H and O–H groups in total. The van der Waals surface area contributed by atoms with E-state index >= 15 is 0 Å². The third-order valence-electron chi connectivity index (χ3n) is 2.35. The van der Waals surface area contributed by atoms with Crippen molar-refractivity contribution in [3.63, 3.8) is 0 Å². The number of rotatable bonds is 4. The van der Waals surface area contributed by atoms with Crippen molar-refractivity contribution in [2.45, 2.75) is 12.6 Å². The highest BCUT2D eigenvalue weighted by molar-refractivity contribution is 5.02. The summed E-state index contributed by atoms with van der Waals surface area (Å²) in [5.41, 5.74) is 1.22.